The number of halogens is 1. The van der Waals surface area contributed by atoms with Crippen LogP contribution in [0.4, 0.5) is 5.95 Å². The zero-order chi connectivity index (χ0) is 13.6. The highest BCUT2D eigenvalue weighted by molar-refractivity contribution is 9.10. The lowest BCUT2D eigenvalue weighted by Crippen LogP contribution is -2.25. The van der Waals surface area contributed by atoms with Crippen molar-refractivity contribution in [2.75, 3.05) is 5.73 Å². The number of nitrogens with two attached hydrogens (primary N) is 1. The molecule has 0 saturated heterocycles. The van der Waals surface area contributed by atoms with Gasteiger partial charge < -0.3 is 5.73 Å². The van der Waals surface area contributed by atoms with E-state index in [1.807, 2.05) is 12.3 Å². The van der Waals surface area contributed by atoms with Gasteiger partial charge in [-0.25, -0.2) is 9.97 Å². The van der Waals surface area contributed by atoms with E-state index in [4.69, 9.17) is 5.73 Å². The van der Waals surface area contributed by atoms with E-state index in [0.717, 1.165) is 28.0 Å². The minimum absolute atomic E-state index is 0.426. The van der Waals surface area contributed by atoms with Crippen LogP contribution in [-0.2, 0) is 0 Å². The van der Waals surface area contributed by atoms with Crippen molar-refractivity contribution in [3.8, 4) is 0 Å². The maximum absolute atomic E-state index is 6.13. The van der Waals surface area contributed by atoms with E-state index in [9.17, 15) is 0 Å². The van der Waals surface area contributed by atoms with E-state index >= 15 is 0 Å². The van der Waals surface area contributed by atoms with Crippen molar-refractivity contribution in [3.63, 3.8) is 0 Å². The first-order valence-corrected chi connectivity index (χ1v) is 7.64. The molecular weight excluding hydrogens is 304 g/mol. The lowest BCUT2D eigenvalue weighted by molar-refractivity contribution is 0.212. The summed E-state index contributed by atoms with van der Waals surface area (Å²) < 4.78 is 3.08. The molecule has 5 heteroatoms. The second kappa shape index (κ2) is 4.78. The molecule has 0 aromatic carbocycles. The van der Waals surface area contributed by atoms with Gasteiger partial charge in [0, 0.05) is 16.7 Å². The number of hydrogen-bond donors (Lipinski definition) is 1. The van der Waals surface area contributed by atoms with Crippen LogP contribution in [0, 0.1) is 11.8 Å². The Hall–Kier alpha value is -1.10. The molecule has 2 aromatic rings. The normalized spacial score (nSPS) is 27.8. The van der Waals surface area contributed by atoms with Crippen molar-refractivity contribution in [1.29, 1.82) is 0 Å². The van der Waals surface area contributed by atoms with Crippen LogP contribution >= 0.6 is 15.9 Å². The van der Waals surface area contributed by atoms with Crippen molar-refractivity contribution < 1.29 is 0 Å². The van der Waals surface area contributed by atoms with Gasteiger partial charge in [-0.3, -0.25) is 4.57 Å². The molecule has 3 atom stereocenters. The predicted molar refractivity (Wildman–Crippen MR) is 80.9 cm³/mol. The van der Waals surface area contributed by atoms with Crippen molar-refractivity contribution in [2.45, 2.75) is 39.2 Å². The summed E-state index contributed by atoms with van der Waals surface area (Å²) in [6.07, 6.45) is 5.48. The van der Waals surface area contributed by atoms with E-state index in [1.165, 1.54) is 12.8 Å². The number of anilines is 1. The summed E-state index contributed by atoms with van der Waals surface area (Å²) in [5.74, 6) is 2.02. The third-order valence-electron chi connectivity index (χ3n) is 4.24. The second-order valence-corrected chi connectivity index (χ2v) is 6.71. The molecule has 1 aliphatic carbocycles. The number of imidazole rings is 1. The summed E-state index contributed by atoms with van der Waals surface area (Å²) in [6, 6.07) is 2.40. The maximum Gasteiger partial charge on any atom is 0.202 e. The molecule has 3 rings (SSSR count). The molecule has 19 heavy (non-hydrogen) atoms. The Morgan fingerprint density at radius 3 is 2.89 bits per heavy atom. The van der Waals surface area contributed by atoms with Gasteiger partial charge in [0.25, 0.3) is 0 Å². The third-order valence-corrected chi connectivity index (χ3v) is 4.68. The number of nitrogens with zero attached hydrogens (tertiary/aromatic N) is 3. The minimum Gasteiger partial charge on any atom is -0.369 e. The summed E-state index contributed by atoms with van der Waals surface area (Å²) in [7, 11) is 0. The van der Waals surface area contributed by atoms with E-state index in [1.54, 1.807) is 0 Å². The summed E-state index contributed by atoms with van der Waals surface area (Å²) in [5.41, 5.74) is 7.91. The van der Waals surface area contributed by atoms with Crippen LogP contribution in [-0.4, -0.2) is 14.5 Å². The van der Waals surface area contributed by atoms with Crippen molar-refractivity contribution in [3.05, 3.63) is 16.7 Å². The average Bonchev–Trinajstić information content (AvgIpc) is 2.65. The van der Waals surface area contributed by atoms with Gasteiger partial charge in [-0.15, -0.1) is 0 Å². The first-order valence-electron chi connectivity index (χ1n) is 6.85. The standard InChI is InChI=1S/C14H19BrN4/c1-8-3-4-12(9(2)5-8)19-13-11(18-14(19)16)6-10(15)7-17-13/h6-9,12H,3-5H2,1-2H3,(H2,16,18). The first-order chi connectivity index (χ1) is 9.06. The smallest absolute Gasteiger partial charge is 0.202 e. The highest BCUT2D eigenvalue weighted by Gasteiger charge is 2.29. The first kappa shape index (κ1) is 12.9. The summed E-state index contributed by atoms with van der Waals surface area (Å²) in [4.78, 5) is 8.95. The van der Waals surface area contributed by atoms with Crippen LogP contribution in [0.2, 0.25) is 0 Å². The molecule has 3 unspecified atom stereocenters. The van der Waals surface area contributed by atoms with Gasteiger partial charge in [0.15, 0.2) is 5.65 Å². The van der Waals surface area contributed by atoms with Gasteiger partial charge in [-0.2, -0.15) is 0 Å². The molecule has 0 bridgehead atoms. The number of fused-ring (bicyclic) bond motifs is 1. The maximum atomic E-state index is 6.13. The molecule has 0 aliphatic heterocycles. The molecular formula is C14H19BrN4. The summed E-state index contributed by atoms with van der Waals surface area (Å²) in [6.45, 7) is 4.64. The molecule has 2 heterocycles. The fourth-order valence-corrected chi connectivity index (χ4v) is 3.65. The number of rotatable bonds is 1. The molecule has 1 aliphatic rings. The molecule has 2 N–H and O–H groups in total. The summed E-state index contributed by atoms with van der Waals surface area (Å²) in [5, 5.41) is 0. The Labute approximate surface area is 121 Å². The van der Waals surface area contributed by atoms with Crippen molar-refractivity contribution >= 4 is 33.0 Å². The lowest BCUT2D eigenvalue weighted by Gasteiger charge is -2.34. The minimum atomic E-state index is 0.426. The third kappa shape index (κ3) is 2.24. The summed E-state index contributed by atoms with van der Waals surface area (Å²) >= 11 is 3.43. The van der Waals surface area contributed by atoms with E-state index < -0.39 is 0 Å². The van der Waals surface area contributed by atoms with E-state index in [-0.39, 0.29) is 0 Å². The van der Waals surface area contributed by atoms with Crippen LogP contribution in [0.25, 0.3) is 11.2 Å². The quantitative estimate of drug-likeness (QED) is 0.869. The van der Waals surface area contributed by atoms with Crippen LogP contribution < -0.4 is 5.73 Å². The van der Waals surface area contributed by atoms with Gasteiger partial charge in [-0.1, -0.05) is 13.8 Å². The SMILES string of the molecule is CC1CCC(n2c(N)nc3cc(Br)cnc32)C(C)C1. The topological polar surface area (TPSA) is 56.7 Å². The molecule has 4 nitrogen and oxygen atoms in total. The molecule has 102 valence electrons. The number of pyridine rings is 1. The molecule has 0 spiro atoms. The highest BCUT2D eigenvalue weighted by atomic mass is 79.9. The molecule has 1 saturated carbocycles. The van der Waals surface area contributed by atoms with Crippen LogP contribution in [0.3, 0.4) is 0 Å². The van der Waals surface area contributed by atoms with Crippen LogP contribution in [0.15, 0.2) is 16.7 Å². The van der Waals surface area contributed by atoms with Crippen LogP contribution in [0.5, 0.6) is 0 Å². The fourth-order valence-electron chi connectivity index (χ4n) is 3.33. The Balaban J connectivity index is 2.07. The molecule has 0 radical (unpaired) electrons. The second-order valence-electron chi connectivity index (χ2n) is 5.80. The van der Waals surface area contributed by atoms with E-state index in [0.29, 0.717) is 17.9 Å². The largest absolute Gasteiger partial charge is 0.369 e. The Kier molecular flexibility index (Phi) is 3.25. The lowest BCUT2D eigenvalue weighted by atomic mass is 9.80. The van der Waals surface area contributed by atoms with Gasteiger partial charge in [0.1, 0.15) is 5.52 Å². The highest BCUT2D eigenvalue weighted by Crippen LogP contribution is 2.39. The Bertz CT molecular complexity index is 607. The van der Waals surface area contributed by atoms with E-state index in [2.05, 4.69) is 44.3 Å². The Morgan fingerprint density at radius 1 is 1.37 bits per heavy atom. The van der Waals surface area contributed by atoms with Crippen LogP contribution in [0.1, 0.15) is 39.2 Å². The Morgan fingerprint density at radius 2 is 2.16 bits per heavy atom. The van der Waals surface area contributed by atoms with Crippen molar-refractivity contribution in [1.82, 2.24) is 14.5 Å². The van der Waals surface area contributed by atoms with Gasteiger partial charge >= 0.3 is 0 Å². The zero-order valence-electron chi connectivity index (χ0n) is 11.3. The molecule has 2 aromatic heterocycles. The van der Waals surface area contributed by atoms with Gasteiger partial charge in [0.05, 0.1) is 0 Å². The van der Waals surface area contributed by atoms with Gasteiger partial charge in [0.2, 0.25) is 5.95 Å². The average molecular weight is 323 g/mol. The van der Waals surface area contributed by atoms with Gasteiger partial charge in [-0.05, 0) is 53.1 Å². The zero-order valence-corrected chi connectivity index (χ0v) is 12.9. The molecule has 0 amide bonds. The number of aromatic nitrogens is 3. The fraction of sp³-hybridized carbons (Fsp3) is 0.571. The predicted octanol–water partition coefficient (Wildman–Crippen LogP) is 3.77. The molecule has 1 fully saturated rings. The van der Waals surface area contributed by atoms with Crippen molar-refractivity contribution in [2.24, 2.45) is 11.8 Å². The number of nitrogen functional groups attached to an aromatic ring is 1. The monoisotopic (exact) mass is 322 g/mol. The number of hydrogen-bond acceptors (Lipinski definition) is 3.